The molecule has 4 nitrogen and oxygen atoms in total. The number of carbonyl (C=O) groups excluding carboxylic acids is 1. The van der Waals surface area contributed by atoms with Crippen molar-refractivity contribution >= 4 is 18.1 Å². The molecule has 1 aliphatic rings. The minimum Gasteiger partial charge on any atom is -0.494 e. The number of rotatable bonds is 7. The van der Waals surface area contributed by atoms with Crippen LogP contribution in [-0.2, 0) is 4.79 Å². The summed E-state index contributed by atoms with van der Waals surface area (Å²) in [6.07, 6.45) is 9.38. The average molecular weight is 342 g/mol. The van der Waals surface area contributed by atoms with E-state index in [0.29, 0.717) is 17.1 Å². The number of allylic oxidation sites excluding steroid dienone is 5. The van der Waals surface area contributed by atoms with E-state index in [2.05, 4.69) is 16.9 Å². The van der Waals surface area contributed by atoms with Gasteiger partial charge in [-0.25, -0.2) is 4.39 Å². The molecule has 0 aliphatic carbocycles. The third-order valence-corrected chi connectivity index (χ3v) is 4.13. The van der Waals surface area contributed by atoms with Crippen molar-refractivity contribution in [1.29, 1.82) is 0 Å². The summed E-state index contributed by atoms with van der Waals surface area (Å²) in [6, 6.07) is 4.70. The van der Waals surface area contributed by atoms with E-state index in [9.17, 15) is 9.18 Å². The van der Waals surface area contributed by atoms with Gasteiger partial charge in [0.2, 0.25) is 0 Å². The second-order valence-electron chi connectivity index (χ2n) is 5.76. The van der Waals surface area contributed by atoms with Crippen LogP contribution in [0.25, 0.3) is 5.57 Å². The van der Waals surface area contributed by atoms with Gasteiger partial charge in [0.15, 0.2) is 11.6 Å². The van der Waals surface area contributed by atoms with Gasteiger partial charge in [0.25, 0.3) is 0 Å². The number of piperidine rings is 1. The maximum absolute atomic E-state index is 13.7. The fourth-order valence-electron chi connectivity index (χ4n) is 2.72. The van der Waals surface area contributed by atoms with Gasteiger partial charge in [-0.05, 0) is 61.4 Å². The van der Waals surface area contributed by atoms with Gasteiger partial charge in [0, 0.05) is 17.8 Å². The second-order valence-corrected chi connectivity index (χ2v) is 5.76. The quantitative estimate of drug-likeness (QED) is 0.357. The van der Waals surface area contributed by atoms with E-state index in [0.717, 1.165) is 37.9 Å². The molecule has 1 aromatic rings. The lowest BCUT2D eigenvalue weighted by atomic mass is 9.94. The SMILES string of the molecule is C=C(\C=C/C=N/C(=C\C=O)C1CCNCC1)c1ccc(OC)c(F)c1. The zero-order valence-corrected chi connectivity index (χ0v) is 14.4. The Bertz CT molecular complexity index is 702. The smallest absolute Gasteiger partial charge is 0.165 e. The van der Waals surface area contributed by atoms with Crippen molar-refractivity contribution in [3.8, 4) is 5.75 Å². The van der Waals surface area contributed by atoms with Crippen LogP contribution in [0.1, 0.15) is 18.4 Å². The summed E-state index contributed by atoms with van der Waals surface area (Å²) >= 11 is 0. The van der Waals surface area contributed by atoms with Crippen molar-refractivity contribution in [3.05, 3.63) is 60.1 Å². The van der Waals surface area contributed by atoms with Crippen LogP contribution in [0.2, 0.25) is 0 Å². The number of hydrogen-bond acceptors (Lipinski definition) is 4. The first-order chi connectivity index (χ1) is 12.2. The number of nitrogens with one attached hydrogen (secondary N) is 1. The van der Waals surface area contributed by atoms with E-state index in [4.69, 9.17) is 4.74 Å². The van der Waals surface area contributed by atoms with E-state index < -0.39 is 5.82 Å². The summed E-state index contributed by atoms with van der Waals surface area (Å²) < 4.78 is 18.6. The number of benzene rings is 1. The van der Waals surface area contributed by atoms with Crippen molar-refractivity contribution in [2.75, 3.05) is 20.2 Å². The van der Waals surface area contributed by atoms with Gasteiger partial charge in [0.05, 0.1) is 7.11 Å². The number of methoxy groups -OCH3 is 1. The predicted molar refractivity (Wildman–Crippen MR) is 99.4 cm³/mol. The number of halogens is 1. The Balaban J connectivity index is 2.01. The van der Waals surface area contributed by atoms with Gasteiger partial charge in [-0.15, -0.1) is 0 Å². The Morgan fingerprint density at radius 2 is 2.16 bits per heavy atom. The van der Waals surface area contributed by atoms with Gasteiger partial charge in [-0.2, -0.15) is 0 Å². The molecule has 0 spiro atoms. The van der Waals surface area contributed by atoms with Crippen LogP contribution in [0, 0.1) is 11.7 Å². The molecule has 1 heterocycles. The maximum atomic E-state index is 13.7. The topological polar surface area (TPSA) is 50.7 Å². The number of nitrogens with zero attached hydrogens (tertiary/aromatic N) is 1. The Morgan fingerprint density at radius 1 is 1.40 bits per heavy atom. The van der Waals surface area contributed by atoms with Crippen LogP contribution in [0.3, 0.4) is 0 Å². The van der Waals surface area contributed by atoms with Crippen LogP contribution in [0.4, 0.5) is 4.39 Å². The predicted octanol–water partition coefficient (Wildman–Crippen LogP) is 3.56. The standard InChI is InChI=1S/C20H23FN2O2/c1-15(17-5-6-20(25-2)18(21)14-17)4-3-10-23-19(9-13-24)16-7-11-22-12-8-16/h3-6,9-10,13-14,16,22H,1,7-8,11-12H2,2H3/b4-3-,19-9-,23-10+. The summed E-state index contributed by atoms with van der Waals surface area (Å²) in [5.74, 6) is 0.0769. The molecule has 0 bridgehead atoms. The lowest BCUT2D eigenvalue weighted by Gasteiger charge is -2.22. The van der Waals surface area contributed by atoms with Crippen molar-refractivity contribution < 1.29 is 13.9 Å². The number of aldehydes is 1. The molecule has 1 saturated heterocycles. The van der Waals surface area contributed by atoms with Gasteiger partial charge < -0.3 is 10.1 Å². The molecule has 5 heteroatoms. The number of aliphatic imine (C=N–C) groups is 1. The number of hydrogen-bond donors (Lipinski definition) is 1. The molecule has 0 amide bonds. The zero-order valence-electron chi connectivity index (χ0n) is 14.4. The summed E-state index contributed by atoms with van der Waals surface area (Å²) in [5, 5.41) is 3.29. The van der Waals surface area contributed by atoms with E-state index >= 15 is 0 Å². The Morgan fingerprint density at radius 3 is 2.80 bits per heavy atom. The van der Waals surface area contributed by atoms with Crippen LogP contribution in [-0.4, -0.2) is 32.7 Å². The first kappa shape index (κ1) is 18.8. The molecule has 0 unspecified atom stereocenters. The number of ether oxygens (including phenoxy) is 1. The third-order valence-electron chi connectivity index (χ3n) is 4.13. The minimum atomic E-state index is -0.426. The fraction of sp³-hybridized carbons (Fsp3) is 0.300. The van der Waals surface area contributed by atoms with Crippen LogP contribution in [0.15, 0.2) is 53.7 Å². The van der Waals surface area contributed by atoms with Gasteiger partial charge in [0.1, 0.15) is 6.29 Å². The van der Waals surface area contributed by atoms with E-state index in [-0.39, 0.29) is 5.75 Å². The van der Waals surface area contributed by atoms with Gasteiger partial charge in [-0.1, -0.05) is 18.7 Å². The molecule has 0 radical (unpaired) electrons. The van der Waals surface area contributed by atoms with Gasteiger partial charge >= 0.3 is 0 Å². The molecule has 1 aromatic carbocycles. The summed E-state index contributed by atoms with van der Waals surface area (Å²) in [4.78, 5) is 15.2. The highest BCUT2D eigenvalue weighted by Gasteiger charge is 2.16. The van der Waals surface area contributed by atoms with E-state index in [1.165, 1.54) is 19.3 Å². The Labute approximate surface area is 147 Å². The normalized spacial score (nSPS) is 16.5. The first-order valence-electron chi connectivity index (χ1n) is 8.25. The average Bonchev–Trinajstić information content (AvgIpc) is 2.64. The second kappa shape index (κ2) is 9.69. The summed E-state index contributed by atoms with van der Waals surface area (Å²) in [7, 11) is 1.43. The molecular weight excluding hydrogens is 319 g/mol. The van der Waals surface area contributed by atoms with Crippen LogP contribution in [0.5, 0.6) is 5.75 Å². The highest BCUT2D eigenvalue weighted by molar-refractivity contribution is 5.81. The van der Waals surface area contributed by atoms with Crippen LogP contribution >= 0.6 is 0 Å². The maximum Gasteiger partial charge on any atom is 0.165 e. The largest absolute Gasteiger partial charge is 0.494 e. The van der Waals surface area contributed by atoms with Gasteiger partial charge in [-0.3, -0.25) is 9.79 Å². The van der Waals surface area contributed by atoms with Crippen molar-refractivity contribution in [2.45, 2.75) is 12.8 Å². The summed E-state index contributed by atoms with van der Waals surface area (Å²) in [6.45, 7) is 5.80. The highest BCUT2D eigenvalue weighted by atomic mass is 19.1. The Hall–Kier alpha value is -2.53. The van der Waals surface area contributed by atoms with Crippen molar-refractivity contribution in [2.24, 2.45) is 10.9 Å². The lowest BCUT2D eigenvalue weighted by Crippen LogP contribution is -2.28. The monoisotopic (exact) mass is 342 g/mol. The van der Waals surface area contributed by atoms with E-state index in [1.807, 2.05) is 0 Å². The van der Waals surface area contributed by atoms with Crippen molar-refractivity contribution in [3.63, 3.8) is 0 Å². The number of carbonyl (C=O) groups is 1. The lowest BCUT2D eigenvalue weighted by molar-refractivity contribution is -0.104. The molecular formula is C20H23FN2O2. The molecule has 132 valence electrons. The molecule has 0 atom stereocenters. The Kier molecular flexibility index (Phi) is 7.29. The first-order valence-corrected chi connectivity index (χ1v) is 8.25. The third kappa shape index (κ3) is 5.50. The zero-order chi connectivity index (χ0) is 18.1. The minimum absolute atomic E-state index is 0.202. The molecule has 0 aromatic heterocycles. The molecule has 2 rings (SSSR count). The van der Waals surface area contributed by atoms with E-state index in [1.54, 1.807) is 30.5 Å². The summed E-state index contributed by atoms with van der Waals surface area (Å²) in [5.41, 5.74) is 2.13. The molecule has 1 N–H and O–H groups in total. The molecule has 1 aliphatic heterocycles. The van der Waals surface area contributed by atoms with Crippen LogP contribution < -0.4 is 10.1 Å². The highest BCUT2D eigenvalue weighted by Crippen LogP contribution is 2.23. The molecule has 1 fully saturated rings. The van der Waals surface area contributed by atoms with Crippen molar-refractivity contribution in [1.82, 2.24) is 5.32 Å². The molecule has 0 saturated carbocycles. The fourth-order valence-corrected chi connectivity index (χ4v) is 2.72. The molecule has 25 heavy (non-hydrogen) atoms.